The Balaban J connectivity index is 2.27. The molecular weight excluding hydrogens is 296 g/mol. The second kappa shape index (κ2) is 9.46. The van der Waals surface area contributed by atoms with Gasteiger partial charge in [-0.25, -0.2) is 0 Å². The number of amidine groups is 1. The Morgan fingerprint density at radius 3 is 2.67 bits per heavy atom. The second-order valence-corrected chi connectivity index (χ2v) is 5.85. The zero-order chi connectivity index (χ0) is 17.2. The van der Waals surface area contributed by atoms with Gasteiger partial charge >= 0.3 is 0 Å². The van der Waals surface area contributed by atoms with Crippen molar-refractivity contribution >= 4 is 5.84 Å². The van der Waals surface area contributed by atoms with Gasteiger partial charge in [0.05, 0.1) is 6.04 Å². The molecule has 4 nitrogen and oxygen atoms in total. The molecule has 1 atom stereocenters. The summed E-state index contributed by atoms with van der Waals surface area (Å²) < 4.78 is 0. The van der Waals surface area contributed by atoms with Crippen molar-refractivity contribution in [3.8, 4) is 6.19 Å². The Hall–Kier alpha value is -2.67. The molecular formula is C20H24N4. The predicted octanol–water partition coefficient (Wildman–Crippen LogP) is 4.33. The van der Waals surface area contributed by atoms with Gasteiger partial charge in [0.25, 0.3) is 0 Å². The lowest BCUT2D eigenvalue weighted by Gasteiger charge is -2.15. The van der Waals surface area contributed by atoms with Crippen LogP contribution in [0.2, 0.25) is 0 Å². The van der Waals surface area contributed by atoms with Gasteiger partial charge in [-0.05, 0) is 42.2 Å². The van der Waals surface area contributed by atoms with Crippen molar-refractivity contribution in [2.45, 2.75) is 45.6 Å². The third-order valence-corrected chi connectivity index (χ3v) is 4.05. The van der Waals surface area contributed by atoms with E-state index in [-0.39, 0.29) is 6.04 Å². The monoisotopic (exact) mass is 320 g/mol. The van der Waals surface area contributed by atoms with Crippen molar-refractivity contribution in [2.75, 3.05) is 0 Å². The first-order valence-corrected chi connectivity index (χ1v) is 8.40. The Morgan fingerprint density at radius 2 is 2.00 bits per heavy atom. The standard InChI is InChI=1S/C20H24N4/c1-3-4-9-19(17-10-12-22-13-11-17)24-20(23-15-21)14-18-8-6-5-7-16(18)2/h5-8,10-13,19H,3-4,9,14H2,1-2H3,(H,23,24). The van der Waals surface area contributed by atoms with Gasteiger partial charge in [0.15, 0.2) is 6.19 Å². The van der Waals surface area contributed by atoms with Gasteiger partial charge in [-0.3, -0.25) is 15.3 Å². The molecule has 0 bridgehead atoms. The summed E-state index contributed by atoms with van der Waals surface area (Å²) in [4.78, 5) is 8.95. The van der Waals surface area contributed by atoms with Gasteiger partial charge in [0.1, 0.15) is 5.84 Å². The van der Waals surface area contributed by atoms with Gasteiger partial charge in [-0.1, -0.05) is 44.0 Å². The number of nitriles is 1. The average Bonchev–Trinajstić information content (AvgIpc) is 2.61. The highest BCUT2D eigenvalue weighted by Crippen LogP contribution is 2.23. The smallest absolute Gasteiger partial charge is 0.182 e. The number of nitrogens with zero attached hydrogens (tertiary/aromatic N) is 3. The first-order valence-electron chi connectivity index (χ1n) is 8.40. The van der Waals surface area contributed by atoms with Crippen LogP contribution in [-0.2, 0) is 6.42 Å². The Bertz CT molecular complexity index is 701. The van der Waals surface area contributed by atoms with Crippen LogP contribution in [0.3, 0.4) is 0 Å². The quantitative estimate of drug-likeness (QED) is 0.357. The van der Waals surface area contributed by atoms with E-state index in [9.17, 15) is 0 Å². The molecule has 0 aliphatic carbocycles. The lowest BCUT2D eigenvalue weighted by molar-refractivity contribution is 0.602. The normalized spacial score (nSPS) is 12.5. The van der Waals surface area contributed by atoms with Gasteiger partial charge in [-0.2, -0.15) is 5.26 Å². The van der Waals surface area contributed by atoms with Gasteiger partial charge < -0.3 is 0 Å². The summed E-state index contributed by atoms with van der Waals surface area (Å²) in [7, 11) is 0. The molecule has 2 aromatic rings. The summed E-state index contributed by atoms with van der Waals surface area (Å²) >= 11 is 0. The van der Waals surface area contributed by atoms with Crippen molar-refractivity contribution in [1.29, 1.82) is 5.26 Å². The molecule has 4 heteroatoms. The van der Waals surface area contributed by atoms with Crippen molar-refractivity contribution in [2.24, 2.45) is 4.99 Å². The van der Waals surface area contributed by atoms with Crippen LogP contribution in [0, 0.1) is 18.4 Å². The van der Waals surface area contributed by atoms with Crippen molar-refractivity contribution in [1.82, 2.24) is 10.3 Å². The van der Waals surface area contributed by atoms with Crippen LogP contribution in [0.4, 0.5) is 0 Å². The molecule has 2 rings (SSSR count). The minimum Gasteiger partial charge on any atom is -0.280 e. The molecule has 1 aromatic carbocycles. The minimum absolute atomic E-state index is 0.0489. The van der Waals surface area contributed by atoms with Gasteiger partial charge in [0.2, 0.25) is 0 Å². The largest absolute Gasteiger partial charge is 0.280 e. The maximum atomic E-state index is 9.09. The average molecular weight is 320 g/mol. The molecule has 0 aliphatic rings. The third-order valence-electron chi connectivity index (χ3n) is 4.05. The van der Waals surface area contributed by atoms with Crippen LogP contribution in [0.25, 0.3) is 0 Å². The Kier molecular flexibility index (Phi) is 6.97. The number of benzene rings is 1. The molecule has 0 fully saturated rings. The molecule has 0 saturated carbocycles. The molecule has 0 aliphatic heterocycles. The van der Waals surface area contributed by atoms with Crippen LogP contribution in [0.15, 0.2) is 53.8 Å². The fourth-order valence-electron chi connectivity index (χ4n) is 2.65. The molecule has 0 amide bonds. The lowest BCUT2D eigenvalue weighted by Crippen LogP contribution is -2.22. The molecule has 1 N–H and O–H groups in total. The van der Waals surface area contributed by atoms with Crippen LogP contribution in [0.1, 0.15) is 48.9 Å². The highest BCUT2D eigenvalue weighted by molar-refractivity contribution is 5.86. The lowest BCUT2D eigenvalue weighted by atomic mass is 10.0. The minimum atomic E-state index is 0.0489. The fourth-order valence-corrected chi connectivity index (χ4v) is 2.65. The zero-order valence-electron chi connectivity index (χ0n) is 14.4. The number of nitrogens with one attached hydrogen (secondary N) is 1. The summed E-state index contributed by atoms with van der Waals surface area (Å²) in [6.45, 7) is 4.26. The highest BCUT2D eigenvalue weighted by Gasteiger charge is 2.12. The van der Waals surface area contributed by atoms with E-state index in [1.807, 2.05) is 30.5 Å². The van der Waals surface area contributed by atoms with E-state index < -0.39 is 0 Å². The first kappa shape index (κ1) is 17.7. The molecule has 1 aromatic heterocycles. The number of pyridine rings is 1. The second-order valence-electron chi connectivity index (χ2n) is 5.85. The van der Waals surface area contributed by atoms with E-state index in [1.165, 1.54) is 11.1 Å². The van der Waals surface area contributed by atoms with Crippen LogP contribution >= 0.6 is 0 Å². The summed E-state index contributed by atoms with van der Waals surface area (Å²) in [5.41, 5.74) is 3.53. The zero-order valence-corrected chi connectivity index (χ0v) is 14.4. The number of hydrogen-bond acceptors (Lipinski definition) is 3. The maximum Gasteiger partial charge on any atom is 0.182 e. The number of aromatic nitrogens is 1. The summed E-state index contributed by atoms with van der Waals surface area (Å²) in [6.07, 6.45) is 9.43. The number of aryl methyl sites for hydroxylation is 1. The van der Waals surface area contributed by atoms with Crippen molar-refractivity contribution in [3.63, 3.8) is 0 Å². The topological polar surface area (TPSA) is 61.1 Å². The van der Waals surface area contributed by atoms with Crippen molar-refractivity contribution < 1.29 is 0 Å². The van der Waals surface area contributed by atoms with E-state index in [1.54, 1.807) is 12.4 Å². The third kappa shape index (κ3) is 5.20. The molecule has 0 spiro atoms. The number of unbranched alkanes of at least 4 members (excludes halogenated alkanes) is 1. The molecule has 24 heavy (non-hydrogen) atoms. The van der Waals surface area contributed by atoms with Crippen molar-refractivity contribution in [3.05, 3.63) is 65.5 Å². The van der Waals surface area contributed by atoms with E-state index in [2.05, 4.69) is 36.3 Å². The van der Waals surface area contributed by atoms with E-state index in [0.29, 0.717) is 12.3 Å². The molecule has 1 heterocycles. The van der Waals surface area contributed by atoms with E-state index >= 15 is 0 Å². The molecule has 124 valence electrons. The van der Waals surface area contributed by atoms with Crippen LogP contribution in [0.5, 0.6) is 0 Å². The summed E-state index contributed by atoms with van der Waals surface area (Å²) in [5.74, 6) is 0.713. The SMILES string of the molecule is CCCCC(N=C(Cc1ccccc1C)NC#N)c1ccncc1. The number of aliphatic imine (C=N–C) groups is 1. The Morgan fingerprint density at radius 1 is 1.25 bits per heavy atom. The first-order chi connectivity index (χ1) is 11.7. The van der Waals surface area contributed by atoms with E-state index in [0.717, 1.165) is 24.8 Å². The van der Waals surface area contributed by atoms with Gasteiger partial charge in [0, 0.05) is 18.8 Å². The maximum absolute atomic E-state index is 9.09. The van der Waals surface area contributed by atoms with E-state index in [4.69, 9.17) is 10.3 Å². The summed E-state index contributed by atoms with van der Waals surface area (Å²) in [5, 5.41) is 11.9. The predicted molar refractivity (Wildman–Crippen MR) is 97.6 cm³/mol. The Labute approximate surface area is 144 Å². The number of rotatable bonds is 7. The summed E-state index contributed by atoms with van der Waals surface area (Å²) in [6, 6.07) is 12.3. The molecule has 1 unspecified atom stereocenters. The highest BCUT2D eigenvalue weighted by atomic mass is 15.0. The fraction of sp³-hybridized carbons (Fsp3) is 0.350. The molecule has 0 saturated heterocycles. The van der Waals surface area contributed by atoms with Gasteiger partial charge in [-0.15, -0.1) is 0 Å². The van der Waals surface area contributed by atoms with Crippen LogP contribution < -0.4 is 5.32 Å². The molecule has 0 radical (unpaired) electrons. The number of hydrogen-bond donors (Lipinski definition) is 1. The van der Waals surface area contributed by atoms with Crippen LogP contribution in [-0.4, -0.2) is 10.8 Å².